The third-order valence-electron chi connectivity index (χ3n) is 5.97. The van der Waals surface area contributed by atoms with Gasteiger partial charge in [0, 0.05) is 25.7 Å². The lowest BCUT2D eigenvalue weighted by atomic mass is 9.83. The summed E-state index contributed by atoms with van der Waals surface area (Å²) in [5.74, 6) is 0.625. The van der Waals surface area contributed by atoms with Crippen LogP contribution in [0.25, 0.3) is 0 Å². The van der Waals surface area contributed by atoms with Crippen LogP contribution in [0.3, 0.4) is 0 Å². The largest absolute Gasteiger partial charge is 0.338 e. The number of piperidine rings is 2. The lowest BCUT2D eigenvalue weighted by Gasteiger charge is -2.43. The summed E-state index contributed by atoms with van der Waals surface area (Å²) >= 11 is 2.61. The van der Waals surface area contributed by atoms with E-state index in [1.807, 2.05) is 18.7 Å². The monoisotopic (exact) mass is 419 g/mol. The first-order valence-corrected chi connectivity index (χ1v) is 11.5. The van der Waals surface area contributed by atoms with Crippen molar-refractivity contribution in [3.8, 4) is 0 Å². The van der Waals surface area contributed by atoms with Crippen LogP contribution in [0.15, 0.2) is 5.51 Å². The number of carbonyl (C=O) groups is 2. The van der Waals surface area contributed by atoms with E-state index in [0.29, 0.717) is 16.5 Å². The molecule has 2 amide bonds. The van der Waals surface area contributed by atoms with Crippen molar-refractivity contribution in [2.45, 2.75) is 52.0 Å². The highest BCUT2D eigenvalue weighted by atomic mass is 32.1. The van der Waals surface area contributed by atoms with Crippen molar-refractivity contribution in [3.63, 3.8) is 0 Å². The van der Waals surface area contributed by atoms with E-state index < -0.39 is 0 Å². The minimum atomic E-state index is 0.0443. The highest BCUT2D eigenvalue weighted by Crippen LogP contribution is 2.33. The van der Waals surface area contributed by atoms with Gasteiger partial charge in [-0.15, -0.1) is 16.4 Å². The molecule has 2 aromatic rings. The highest BCUT2D eigenvalue weighted by molar-refractivity contribution is 7.11. The highest BCUT2D eigenvalue weighted by Gasteiger charge is 2.37. The summed E-state index contributed by atoms with van der Waals surface area (Å²) in [6.45, 7) is 6.03. The van der Waals surface area contributed by atoms with Gasteiger partial charge in [-0.05, 0) is 63.4 Å². The topological polar surface area (TPSA) is 79.3 Å². The molecule has 0 aliphatic carbocycles. The van der Waals surface area contributed by atoms with Crippen molar-refractivity contribution in [1.82, 2.24) is 24.4 Å². The van der Waals surface area contributed by atoms with Gasteiger partial charge in [-0.3, -0.25) is 9.59 Å². The Hall–Kier alpha value is -1.87. The van der Waals surface area contributed by atoms with Crippen molar-refractivity contribution < 1.29 is 9.59 Å². The first-order chi connectivity index (χ1) is 13.6. The molecule has 7 nitrogen and oxygen atoms in total. The third kappa shape index (κ3) is 3.69. The summed E-state index contributed by atoms with van der Waals surface area (Å²) in [6, 6.07) is 0.270. The Bertz CT molecular complexity index is 856. The first kappa shape index (κ1) is 19.4. The van der Waals surface area contributed by atoms with Crippen LogP contribution in [0.2, 0.25) is 0 Å². The van der Waals surface area contributed by atoms with Gasteiger partial charge < -0.3 is 9.80 Å². The lowest BCUT2D eigenvalue weighted by Crippen LogP contribution is -2.50. The van der Waals surface area contributed by atoms with Gasteiger partial charge in [-0.25, -0.2) is 4.98 Å². The molecule has 0 N–H and O–H groups in total. The molecule has 0 bridgehead atoms. The smallest absolute Gasteiger partial charge is 0.267 e. The standard InChI is InChI=1S/C19H25N5O2S2/c1-12-16(27-11-20-12)19(26)24-8-4-3-5-15(24)14-6-9-23(10-7-14)18(25)17-13(2)21-22-28-17/h11,14-15H,3-10H2,1-2H3/t15-/m0/s1. The zero-order valence-corrected chi connectivity index (χ0v) is 17.9. The van der Waals surface area contributed by atoms with Crippen molar-refractivity contribution in [1.29, 1.82) is 0 Å². The summed E-state index contributed by atoms with van der Waals surface area (Å²) < 4.78 is 3.88. The third-order valence-corrected chi connectivity index (χ3v) is 7.70. The number of thiazole rings is 1. The number of likely N-dealkylation sites (tertiary alicyclic amines) is 2. The number of rotatable bonds is 3. The SMILES string of the molecule is Cc1nnsc1C(=O)N1CCC([C@@H]2CCCCN2C(=O)c2scnc2C)CC1. The zero-order valence-electron chi connectivity index (χ0n) is 16.3. The molecule has 1 atom stereocenters. The number of carbonyl (C=O) groups excluding carboxylic acids is 2. The Morgan fingerprint density at radius 2 is 1.79 bits per heavy atom. The van der Waals surface area contributed by atoms with Crippen LogP contribution < -0.4 is 0 Å². The van der Waals surface area contributed by atoms with Gasteiger partial charge in [-0.1, -0.05) is 4.49 Å². The van der Waals surface area contributed by atoms with Crippen LogP contribution in [0, 0.1) is 19.8 Å². The van der Waals surface area contributed by atoms with Crippen molar-refractivity contribution in [3.05, 3.63) is 26.7 Å². The Balaban J connectivity index is 1.42. The molecule has 2 saturated heterocycles. The van der Waals surface area contributed by atoms with Gasteiger partial charge in [-0.2, -0.15) is 0 Å². The van der Waals surface area contributed by atoms with Crippen LogP contribution in [-0.4, -0.2) is 61.9 Å². The van der Waals surface area contributed by atoms with Crippen LogP contribution >= 0.6 is 22.9 Å². The molecule has 2 fully saturated rings. The van der Waals surface area contributed by atoms with Crippen molar-refractivity contribution in [2.24, 2.45) is 5.92 Å². The number of hydrogen-bond donors (Lipinski definition) is 0. The van der Waals surface area contributed by atoms with Gasteiger partial charge in [0.15, 0.2) is 0 Å². The maximum absolute atomic E-state index is 13.1. The molecule has 9 heteroatoms. The Morgan fingerprint density at radius 3 is 2.43 bits per heavy atom. The van der Waals surface area contributed by atoms with Gasteiger partial charge in [0.05, 0.1) is 16.9 Å². The summed E-state index contributed by atoms with van der Waals surface area (Å²) in [4.78, 5) is 35.5. The summed E-state index contributed by atoms with van der Waals surface area (Å²) in [6.07, 6.45) is 5.16. The minimum absolute atomic E-state index is 0.0443. The van der Waals surface area contributed by atoms with Gasteiger partial charge in [0.2, 0.25) is 0 Å². The minimum Gasteiger partial charge on any atom is -0.338 e. The molecule has 4 rings (SSSR count). The molecule has 2 aliphatic rings. The number of aromatic nitrogens is 3. The van der Waals surface area contributed by atoms with Crippen LogP contribution in [0.5, 0.6) is 0 Å². The Kier molecular flexibility index (Phi) is 5.73. The van der Waals surface area contributed by atoms with E-state index >= 15 is 0 Å². The number of hydrogen-bond acceptors (Lipinski definition) is 7. The Morgan fingerprint density at radius 1 is 1.00 bits per heavy atom. The predicted octanol–water partition coefficient (Wildman–Crippen LogP) is 3.16. The molecule has 2 aromatic heterocycles. The molecule has 28 heavy (non-hydrogen) atoms. The normalized spacial score (nSPS) is 21.1. The zero-order chi connectivity index (χ0) is 19.7. The Labute approximate surface area is 172 Å². The molecule has 0 unspecified atom stereocenters. The fourth-order valence-electron chi connectivity index (χ4n) is 4.40. The van der Waals surface area contributed by atoms with E-state index in [-0.39, 0.29) is 17.9 Å². The maximum Gasteiger partial charge on any atom is 0.267 e. The van der Waals surface area contributed by atoms with Gasteiger partial charge in [0.25, 0.3) is 11.8 Å². The van der Waals surface area contributed by atoms with E-state index in [4.69, 9.17) is 0 Å². The molecular formula is C19H25N5O2S2. The summed E-state index contributed by atoms with van der Waals surface area (Å²) in [7, 11) is 0. The molecule has 2 aliphatic heterocycles. The van der Waals surface area contributed by atoms with Crippen molar-refractivity contribution in [2.75, 3.05) is 19.6 Å². The second-order valence-corrected chi connectivity index (χ2v) is 9.25. The van der Waals surface area contributed by atoms with E-state index in [2.05, 4.69) is 19.5 Å². The van der Waals surface area contributed by atoms with Crippen molar-refractivity contribution >= 4 is 34.7 Å². The molecule has 0 aromatic carbocycles. The number of aryl methyl sites for hydroxylation is 2. The van der Waals surface area contributed by atoms with Crippen LogP contribution in [-0.2, 0) is 0 Å². The predicted molar refractivity (Wildman–Crippen MR) is 109 cm³/mol. The van der Waals surface area contributed by atoms with Gasteiger partial charge >= 0.3 is 0 Å². The second-order valence-electron chi connectivity index (χ2n) is 7.65. The molecular weight excluding hydrogens is 394 g/mol. The second kappa shape index (κ2) is 8.24. The number of nitrogens with zero attached hydrogens (tertiary/aromatic N) is 5. The van der Waals surface area contributed by atoms with Crippen LogP contribution in [0.1, 0.15) is 62.8 Å². The fourth-order valence-corrected chi connectivity index (χ4v) is 5.78. The molecule has 0 spiro atoms. The molecule has 0 radical (unpaired) electrons. The summed E-state index contributed by atoms with van der Waals surface area (Å²) in [5, 5.41) is 3.95. The lowest BCUT2D eigenvalue weighted by molar-refractivity contribution is 0.0378. The fraction of sp³-hybridized carbons (Fsp3) is 0.632. The van der Waals surface area contributed by atoms with Gasteiger partial charge in [0.1, 0.15) is 9.75 Å². The molecule has 150 valence electrons. The average molecular weight is 420 g/mol. The molecule has 4 heterocycles. The summed E-state index contributed by atoms with van der Waals surface area (Å²) in [5.41, 5.74) is 3.29. The number of amides is 2. The maximum atomic E-state index is 13.1. The van der Waals surface area contributed by atoms with E-state index in [9.17, 15) is 9.59 Å². The quantitative estimate of drug-likeness (QED) is 0.764. The van der Waals surface area contributed by atoms with E-state index in [0.717, 1.165) is 55.9 Å². The van der Waals surface area contributed by atoms with E-state index in [1.54, 1.807) is 5.51 Å². The molecule has 0 saturated carbocycles. The first-order valence-electron chi connectivity index (χ1n) is 9.85. The van der Waals surface area contributed by atoms with Crippen LogP contribution in [0.4, 0.5) is 0 Å². The average Bonchev–Trinajstić information content (AvgIpc) is 3.35. The van der Waals surface area contributed by atoms with E-state index in [1.165, 1.54) is 29.3 Å².